The van der Waals surface area contributed by atoms with E-state index in [1.165, 1.54) is 59.3 Å². The predicted molar refractivity (Wildman–Crippen MR) is 224 cm³/mol. The molecule has 0 N–H and O–H groups in total. The molecule has 2 heterocycles. The number of carbonyl (C=O) groups is 8. The van der Waals surface area contributed by atoms with Crippen LogP contribution in [0, 0.1) is 0 Å². The molecule has 0 spiro atoms. The Kier molecular flexibility index (Phi) is 19.6. The van der Waals surface area contributed by atoms with E-state index in [9.17, 15) is 38.4 Å². The van der Waals surface area contributed by atoms with Crippen LogP contribution >= 0.6 is 0 Å². The molecular weight excluding hydrogens is 892 g/mol. The predicted octanol–water partition coefficient (Wildman–Crippen LogP) is 2.88. The molecule has 0 bridgehead atoms. The third kappa shape index (κ3) is 15.8. The Bertz CT molecular complexity index is 2150. The van der Waals surface area contributed by atoms with Crippen LogP contribution in [-0.2, 0) is 92.1 Å². The van der Waals surface area contributed by atoms with E-state index in [0.717, 1.165) is 40.7 Å². The van der Waals surface area contributed by atoms with Crippen LogP contribution in [0.25, 0.3) is 6.08 Å². The van der Waals surface area contributed by atoms with Crippen molar-refractivity contribution in [2.24, 2.45) is 0 Å². The first-order chi connectivity index (χ1) is 31.7. The van der Waals surface area contributed by atoms with Crippen LogP contribution in [0.4, 0.5) is 0 Å². The normalized spacial score (nSPS) is 24.6. The fraction of sp³-hybridized carbons (Fsp3) is 0.511. The summed E-state index contributed by atoms with van der Waals surface area (Å²) in [5.41, 5.74) is 0.996. The van der Waals surface area contributed by atoms with E-state index >= 15 is 0 Å². The third-order valence-electron chi connectivity index (χ3n) is 9.53. The molecule has 22 heteroatoms. The van der Waals surface area contributed by atoms with Gasteiger partial charge < -0.3 is 66.3 Å². The van der Waals surface area contributed by atoms with Crippen LogP contribution in [0.2, 0.25) is 0 Å². The van der Waals surface area contributed by atoms with Gasteiger partial charge in [0.2, 0.25) is 0 Å². The summed E-state index contributed by atoms with van der Waals surface area (Å²) in [6, 6.07) is 9.25. The minimum absolute atomic E-state index is 0.118. The molecule has 22 nitrogen and oxygen atoms in total. The molecule has 0 radical (unpaired) electrons. The number of benzene rings is 2. The molecule has 2 saturated heterocycles. The summed E-state index contributed by atoms with van der Waals surface area (Å²) in [7, 11) is 2.75. The van der Waals surface area contributed by atoms with Crippen LogP contribution < -0.4 is 18.9 Å². The summed E-state index contributed by atoms with van der Waals surface area (Å²) in [4.78, 5) is 99.6. The van der Waals surface area contributed by atoms with E-state index < -0.39 is 116 Å². The molecular formula is C45H54O22. The van der Waals surface area contributed by atoms with Crippen molar-refractivity contribution >= 4 is 53.8 Å². The van der Waals surface area contributed by atoms with Gasteiger partial charge in [-0.2, -0.15) is 0 Å². The number of hydrogen-bond acceptors (Lipinski definition) is 22. The van der Waals surface area contributed by atoms with Gasteiger partial charge in [-0.1, -0.05) is 12.1 Å². The Balaban J connectivity index is 1.81. The standard InChI is InChI=1S/C45H54O22/c1-22-38(61-26(5)49)40(62-27(6)50)43(64-29(8)52)45(58-22)67-41-39(66-37(53)16-13-30-12-15-33(59-24(3)47)34(19-30)55-10)36(21-57-23(2)46)65-44(42(41)63-28(7)51)56-18-17-31-11-14-32(54-9)35(20-31)60-25(4)48/h11-16,19-20,22,36,38-45H,17-18,21H2,1-10H3/b16-13+/t22-,36+,38-,39+,40+,41-,42+,43+,44+,45-/m0/s1. The first-order valence-corrected chi connectivity index (χ1v) is 20.7. The van der Waals surface area contributed by atoms with Crippen molar-refractivity contribution in [2.45, 2.75) is 123 Å². The summed E-state index contributed by atoms with van der Waals surface area (Å²) in [6.07, 6.45) is -13.0. The minimum atomic E-state index is -1.76. The van der Waals surface area contributed by atoms with Gasteiger partial charge in [0.15, 0.2) is 66.1 Å². The number of ether oxygens (including phenoxy) is 14. The number of hydrogen-bond donors (Lipinski definition) is 0. The second-order valence-electron chi connectivity index (χ2n) is 14.9. The SMILES string of the molecule is COc1cc(/C=C/C(=O)O[C@H]2[C@H](O[C@@H]3O[C@@H](C)[C@H](OC(C)=O)[C@@H](OC(C)=O)[C@H]3OC(C)=O)[C@@H](OC(C)=O)[C@H](OCCc3ccc(OC)c(OC(C)=O)c3)O[C@@H]2COC(C)=O)ccc1OC(C)=O. The van der Waals surface area contributed by atoms with Crippen molar-refractivity contribution in [3.63, 3.8) is 0 Å². The maximum atomic E-state index is 13.8. The lowest BCUT2D eigenvalue weighted by atomic mass is 9.96. The first-order valence-electron chi connectivity index (χ1n) is 20.7. The maximum absolute atomic E-state index is 13.8. The van der Waals surface area contributed by atoms with Crippen molar-refractivity contribution < 1.29 is 105 Å². The van der Waals surface area contributed by atoms with Crippen LogP contribution in [0.3, 0.4) is 0 Å². The van der Waals surface area contributed by atoms with Crippen LogP contribution in [0.15, 0.2) is 42.5 Å². The van der Waals surface area contributed by atoms with Gasteiger partial charge in [-0.05, 0) is 54.8 Å². The summed E-state index contributed by atoms with van der Waals surface area (Å²) in [6.45, 7) is 8.53. The molecule has 0 saturated carbocycles. The number of methoxy groups -OCH3 is 2. The van der Waals surface area contributed by atoms with Crippen molar-refractivity contribution in [3.05, 3.63) is 53.6 Å². The van der Waals surface area contributed by atoms with Gasteiger partial charge in [-0.3, -0.25) is 33.6 Å². The van der Waals surface area contributed by atoms with Crippen LogP contribution in [0.1, 0.15) is 66.5 Å². The highest BCUT2D eigenvalue weighted by Crippen LogP contribution is 2.36. The molecule has 0 aromatic heterocycles. The smallest absolute Gasteiger partial charge is 0.331 e. The van der Waals surface area contributed by atoms with Gasteiger partial charge in [-0.15, -0.1) is 0 Å². The van der Waals surface area contributed by atoms with Gasteiger partial charge in [0.1, 0.15) is 18.8 Å². The van der Waals surface area contributed by atoms with E-state index in [-0.39, 0.29) is 36.0 Å². The molecule has 2 aromatic carbocycles. The molecule has 67 heavy (non-hydrogen) atoms. The largest absolute Gasteiger partial charge is 0.493 e. The van der Waals surface area contributed by atoms with Gasteiger partial charge in [0.05, 0.1) is 26.9 Å². The fourth-order valence-electron chi connectivity index (χ4n) is 6.96. The van der Waals surface area contributed by atoms with Crippen LogP contribution in [-0.4, -0.2) is 137 Å². The first kappa shape index (κ1) is 53.0. The molecule has 2 fully saturated rings. The lowest BCUT2D eigenvalue weighted by Gasteiger charge is -2.48. The molecule has 0 amide bonds. The molecule has 4 rings (SSSR count). The number of esters is 8. The van der Waals surface area contributed by atoms with Gasteiger partial charge in [-0.25, -0.2) is 4.79 Å². The average molecular weight is 947 g/mol. The highest BCUT2D eigenvalue weighted by molar-refractivity contribution is 5.87. The van der Waals surface area contributed by atoms with E-state index in [2.05, 4.69) is 0 Å². The second-order valence-corrected chi connectivity index (χ2v) is 14.9. The second kappa shape index (κ2) is 24.8. The number of carbonyl (C=O) groups excluding carboxylic acids is 8. The summed E-state index contributed by atoms with van der Waals surface area (Å²) >= 11 is 0. The van der Waals surface area contributed by atoms with Crippen molar-refractivity contribution in [3.8, 4) is 23.0 Å². The van der Waals surface area contributed by atoms with Crippen molar-refractivity contribution in [1.29, 1.82) is 0 Å². The molecule has 10 atom stereocenters. The fourth-order valence-corrected chi connectivity index (χ4v) is 6.96. The number of rotatable bonds is 19. The molecule has 0 unspecified atom stereocenters. The highest BCUT2D eigenvalue weighted by atomic mass is 16.8. The Morgan fingerprint density at radius 1 is 0.552 bits per heavy atom. The lowest BCUT2D eigenvalue weighted by Crippen LogP contribution is -2.66. The Morgan fingerprint density at radius 2 is 1.12 bits per heavy atom. The van der Waals surface area contributed by atoms with Crippen molar-refractivity contribution in [1.82, 2.24) is 0 Å². The zero-order valence-corrected chi connectivity index (χ0v) is 38.5. The Labute approximate surface area is 385 Å². The topological polar surface area (TPSA) is 266 Å². The van der Waals surface area contributed by atoms with E-state index in [1.807, 2.05) is 0 Å². The third-order valence-corrected chi connectivity index (χ3v) is 9.53. The summed E-state index contributed by atoms with van der Waals surface area (Å²) in [5.74, 6) is -5.73. The Morgan fingerprint density at radius 3 is 1.70 bits per heavy atom. The Hall–Kier alpha value is -6.62. The zero-order valence-electron chi connectivity index (χ0n) is 38.5. The van der Waals surface area contributed by atoms with Crippen LogP contribution in [0.5, 0.6) is 23.0 Å². The van der Waals surface area contributed by atoms with E-state index in [4.69, 9.17) is 66.3 Å². The minimum Gasteiger partial charge on any atom is -0.493 e. The molecule has 2 aliphatic heterocycles. The van der Waals surface area contributed by atoms with Gasteiger partial charge >= 0.3 is 47.8 Å². The quantitative estimate of drug-likeness (QED) is 0.0848. The molecule has 366 valence electrons. The summed E-state index contributed by atoms with van der Waals surface area (Å²) < 4.78 is 79.8. The van der Waals surface area contributed by atoms with E-state index in [1.54, 1.807) is 18.2 Å². The molecule has 2 aromatic rings. The average Bonchev–Trinajstić information content (AvgIpc) is 3.23. The zero-order chi connectivity index (χ0) is 49.5. The van der Waals surface area contributed by atoms with Crippen molar-refractivity contribution in [2.75, 3.05) is 27.4 Å². The highest BCUT2D eigenvalue weighted by Gasteiger charge is 2.57. The van der Waals surface area contributed by atoms with E-state index in [0.29, 0.717) is 11.1 Å². The van der Waals surface area contributed by atoms with Gasteiger partial charge in [0.25, 0.3) is 0 Å². The summed E-state index contributed by atoms with van der Waals surface area (Å²) in [5, 5.41) is 0. The molecule has 0 aliphatic carbocycles. The molecule has 2 aliphatic rings. The monoisotopic (exact) mass is 946 g/mol. The lowest BCUT2D eigenvalue weighted by molar-refractivity contribution is -0.359. The van der Waals surface area contributed by atoms with Gasteiger partial charge in [0, 0.05) is 54.5 Å². The maximum Gasteiger partial charge on any atom is 0.331 e.